The van der Waals surface area contributed by atoms with Crippen LogP contribution < -0.4 is 9.80 Å². The van der Waals surface area contributed by atoms with Crippen molar-refractivity contribution in [2.45, 2.75) is 73.1 Å². The first kappa shape index (κ1) is 28.9. The summed E-state index contributed by atoms with van der Waals surface area (Å²) in [5.41, 5.74) is 5.43. The molecule has 0 spiro atoms. The summed E-state index contributed by atoms with van der Waals surface area (Å²) in [4.78, 5) is 17.2. The zero-order valence-electron chi connectivity index (χ0n) is 23.4. The molecule has 1 aliphatic rings. The lowest BCUT2D eigenvalue weighted by atomic mass is 10.1. The summed E-state index contributed by atoms with van der Waals surface area (Å²) in [6, 6.07) is 7.70. The third kappa shape index (κ3) is 7.00. The molecule has 0 saturated carbocycles. The Morgan fingerprint density at radius 1 is 0.842 bits per heavy atom. The highest BCUT2D eigenvalue weighted by molar-refractivity contribution is 6.15. The van der Waals surface area contributed by atoms with Crippen molar-refractivity contribution in [1.82, 2.24) is 0 Å². The van der Waals surface area contributed by atoms with Crippen LogP contribution in [0.1, 0.15) is 83.5 Å². The van der Waals surface area contributed by atoms with Gasteiger partial charge in [-0.2, -0.15) is 0 Å². The molecule has 2 aromatic rings. The average Bonchev–Trinajstić information content (AvgIpc) is 2.94. The Morgan fingerprint density at radius 3 is 2.21 bits per heavy atom. The predicted molar refractivity (Wildman–Crippen MR) is 157 cm³/mol. The summed E-state index contributed by atoms with van der Waals surface area (Å²) in [6.45, 7) is 11.3. The largest absolute Gasteiger partial charge is 0.508 e. The number of hydrogen-bond acceptors (Lipinski definition) is 5. The van der Waals surface area contributed by atoms with E-state index in [9.17, 15) is 20.1 Å². The van der Waals surface area contributed by atoms with E-state index in [4.69, 9.17) is 0 Å². The normalized spacial score (nSPS) is 13.8. The molecule has 0 aliphatic carbocycles. The second-order valence-electron chi connectivity index (χ2n) is 10.4. The molecule has 204 valence electrons. The van der Waals surface area contributed by atoms with Gasteiger partial charge in [-0.1, -0.05) is 54.4 Å². The Balaban J connectivity index is 1.91. The fourth-order valence-electron chi connectivity index (χ4n) is 4.73. The number of carbonyl (C=O) groups excluding carboxylic acids is 1. The molecule has 2 aromatic carbocycles. The number of anilines is 3. The van der Waals surface area contributed by atoms with E-state index in [1.54, 1.807) is 28.0 Å². The summed E-state index contributed by atoms with van der Waals surface area (Å²) in [7, 11) is 0. The van der Waals surface area contributed by atoms with Crippen molar-refractivity contribution in [3.8, 4) is 17.2 Å². The van der Waals surface area contributed by atoms with E-state index < -0.39 is 0 Å². The maximum absolute atomic E-state index is 13.8. The lowest BCUT2D eigenvalue weighted by molar-refractivity contribution is 0.0990. The van der Waals surface area contributed by atoms with Crippen molar-refractivity contribution >= 4 is 23.0 Å². The van der Waals surface area contributed by atoms with Crippen LogP contribution in [0.5, 0.6) is 17.2 Å². The Kier molecular flexibility index (Phi) is 10.1. The van der Waals surface area contributed by atoms with Gasteiger partial charge in [0.25, 0.3) is 5.91 Å². The van der Waals surface area contributed by atoms with Gasteiger partial charge in [-0.05, 0) is 71.9 Å². The quantitative estimate of drug-likeness (QED) is 0.262. The van der Waals surface area contributed by atoms with Gasteiger partial charge in [0.15, 0.2) is 0 Å². The minimum Gasteiger partial charge on any atom is -0.508 e. The summed E-state index contributed by atoms with van der Waals surface area (Å²) in [6.07, 6.45) is 12.2. The second kappa shape index (κ2) is 13.2. The van der Waals surface area contributed by atoms with Crippen molar-refractivity contribution in [3.05, 3.63) is 70.8 Å². The van der Waals surface area contributed by atoms with Crippen molar-refractivity contribution in [2.75, 3.05) is 22.9 Å². The van der Waals surface area contributed by atoms with Gasteiger partial charge >= 0.3 is 0 Å². The van der Waals surface area contributed by atoms with E-state index in [2.05, 4.69) is 46.8 Å². The fourth-order valence-corrected chi connectivity index (χ4v) is 4.73. The Hall–Kier alpha value is -3.67. The fraction of sp³-hybridized carbons (Fsp3) is 0.406. The molecule has 1 amide bonds. The highest BCUT2D eigenvalue weighted by atomic mass is 16.3. The molecule has 3 rings (SSSR count). The Labute approximate surface area is 227 Å². The van der Waals surface area contributed by atoms with Crippen LogP contribution in [0.3, 0.4) is 0 Å². The third-order valence-electron chi connectivity index (χ3n) is 6.86. The van der Waals surface area contributed by atoms with E-state index in [0.717, 1.165) is 44.1 Å². The maximum atomic E-state index is 13.8. The molecular weight excluding hydrogens is 476 g/mol. The standard InChI is InChI=1S/C32H42N2O4/c1-6-7-18-34-30-26(15-10-16-28(30)36)32(38)33(27-20-25(35)21-29(37)31(27)34)19-17-24(5)14-9-13-23(4)12-8-11-22(2)3/h10-11,13,15-17,20-21,35-37H,6-9,12,14,18-19H2,1-5H3/b23-13+,24-17+. The monoisotopic (exact) mass is 518 g/mol. The smallest absolute Gasteiger partial charge is 0.260 e. The average molecular weight is 519 g/mol. The van der Waals surface area contributed by atoms with Gasteiger partial charge in [-0.15, -0.1) is 0 Å². The van der Waals surface area contributed by atoms with Crippen LogP contribution in [0.25, 0.3) is 0 Å². The van der Waals surface area contributed by atoms with Crippen LogP contribution in [-0.4, -0.2) is 34.3 Å². The van der Waals surface area contributed by atoms with Gasteiger partial charge < -0.3 is 25.1 Å². The lowest BCUT2D eigenvalue weighted by Gasteiger charge is -2.28. The molecule has 0 bridgehead atoms. The van der Waals surface area contributed by atoms with Crippen molar-refractivity contribution < 1.29 is 20.1 Å². The number of amides is 1. The van der Waals surface area contributed by atoms with Crippen LogP contribution in [0, 0.1) is 0 Å². The van der Waals surface area contributed by atoms with Crippen molar-refractivity contribution in [2.24, 2.45) is 0 Å². The number of aromatic hydroxyl groups is 3. The minimum atomic E-state index is -0.291. The highest BCUT2D eigenvalue weighted by Gasteiger charge is 2.34. The molecule has 0 unspecified atom stereocenters. The topological polar surface area (TPSA) is 84.2 Å². The minimum absolute atomic E-state index is 0.0225. The molecule has 0 aromatic heterocycles. The zero-order chi connectivity index (χ0) is 27.8. The summed E-state index contributed by atoms with van der Waals surface area (Å²) < 4.78 is 0. The summed E-state index contributed by atoms with van der Waals surface area (Å²) in [5, 5.41) is 32.1. The van der Waals surface area contributed by atoms with Crippen LogP contribution in [0.4, 0.5) is 17.1 Å². The van der Waals surface area contributed by atoms with E-state index in [0.29, 0.717) is 29.2 Å². The first-order chi connectivity index (χ1) is 18.1. The van der Waals surface area contributed by atoms with E-state index in [-0.39, 0.29) is 29.7 Å². The Bertz CT molecular complexity index is 1240. The molecule has 1 heterocycles. The number of nitrogens with zero attached hydrogens (tertiary/aromatic N) is 2. The number of benzene rings is 2. The molecule has 38 heavy (non-hydrogen) atoms. The maximum Gasteiger partial charge on any atom is 0.260 e. The molecule has 0 saturated heterocycles. The van der Waals surface area contributed by atoms with Gasteiger partial charge in [0.1, 0.15) is 22.9 Å². The summed E-state index contributed by atoms with van der Waals surface area (Å²) in [5.74, 6) is -0.579. The number of rotatable bonds is 11. The first-order valence-electron chi connectivity index (χ1n) is 13.6. The SMILES string of the molecule is CCCCN1c2c(O)cccc2C(=O)N(C/C=C(\C)CC/C=C(\C)CCC=C(C)C)c2cc(O)cc(O)c21. The lowest BCUT2D eigenvalue weighted by Crippen LogP contribution is -2.30. The number of fused-ring (bicyclic) bond motifs is 2. The number of para-hydroxylation sites is 1. The van der Waals surface area contributed by atoms with Gasteiger partial charge in [-0.3, -0.25) is 4.79 Å². The van der Waals surface area contributed by atoms with Crippen LogP contribution in [-0.2, 0) is 0 Å². The predicted octanol–water partition coefficient (Wildman–Crippen LogP) is 8.12. The van der Waals surface area contributed by atoms with Crippen LogP contribution >= 0.6 is 0 Å². The van der Waals surface area contributed by atoms with E-state index >= 15 is 0 Å². The van der Waals surface area contributed by atoms with Gasteiger partial charge in [-0.25, -0.2) is 0 Å². The van der Waals surface area contributed by atoms with E-state index in [1.165, 1.54) is 23.3 Å². The molecule has 0 atom stereocenters. The number of hydrogen-bond donors (Lipinski definition) is 3. The number of phenolic OH excluding ortho intramolecular Hbond substituents is 3. The second-order valence-corrected chi connectivity index (χ2v) is 10.4. The molecule has 0 fully saturated rings. The number of unbranched alkanes of at least 4 members (excludes halogenated alkanes) is 1. The van der Waals surface area contributed by atoms with Gasteiger partial charge in [0.05, 0.1) is 16.9 Å². The van der Waals surface area contributed by atoms with Gasteiger partial charge in [0, 0.05) is 25.2 Å². The third-order valence-corrected chi connectivity index (χ3v) is 6.86. The molecule has 6 heteroatoms. The van der Waals surface area contributed by atoms with Crippen LogP contribution in [0.2, 0.25) is 0 Å². The number of carbonyl (C=O) groups is 1. The molecule has 0 radical (unpaired) electrons. The molecule has 1 aliphatic heterocycles. The van der Waals surface area contributed by atoms with Crippen molar-refractivity contribution in [1.29, 1.82) is 0 Å². The molecule has 3 N–H and O–H groups in total. The van der Waals surface area contributed by atoms with Crippen LogP contribution in [0.15, 0.2) is 65.3 Å². The zero-order valence-corrected chi connectivity index (χ0v) is 23.4. The highest BCUT2D eigenvalue weighted by Crippen LogP contribution is 2.50. The molecule has 6 nitrogen and oxygen atoms in total. The Morgan fingerprint density at radius 2 is 1.53 bits per heavy atom. The number of allylic oxidation sites excluding steroid dienone is 5. The van der Waals surface area contributed by atoms with Gasteiger partial charge in [0.2, 0.25) is 0 Å². The van der Waals surface area contributed by atoms with Crippen molar-refractivity contribution in [3.63, 3.8) is 0 Å². The first-order valence-corrected chi connectivity index (χ1v) is 13.6. The number of phenols is 3. The summed E-state index contributed by atoms with van der Waals surface area (Å²) >= 11 is 0. The molecular formula is C32H42N2O4. The van der Waals surface area contributed by atoms with E-state index in [1.807, 2.05) is 6.08 Å².